The maximum absolute atomic E-state index is 12.2. The Morgan fingerprint density at radius 3 is 2.38 bits per heavy atom. The predicted molar refractivity (Wildman–Crippen MR) is 69.9 cm³/mol. The third-order valence-corrected chi connectivity index (χ3v) is 3.30. The van der Waals surface area contributed by atoms with Gasteiger partial charge in [-0.15, -0.1) is 0 Å². The zero-order chi connectivity index (χ0) is 15.9. The van der Waals surface area contributed by atoms with Crippen LogP contribution >= 0.6 is 0 Å². The van der Waals surface area contributed by atoms with Gasteiger partial charge >= 0.3 is 5.97 Å². The Hall–Kier alpha value is -2.77. The van der Waals surface area contributed by atoms with Gasteiger partial charge < -0.3 is 5.11 Å². The molecule has 0 saturated heterocycles. The SMILES string of the molecule is CC(C)(CN1C(=O)c2ccc([N+](=O)[O-])cc2C1=O)C(=O)O. The Morgan fingerprint density at radius 2 is 1.86 bits per heavy atom. The number of carboxylic acid groups (broad SMARTS) is 1. The number of carboxylic acids is 1. The standard InChI is InChI=1S/C13H12N2O6/c1-13(2,12(18)19)6-14-10(16)8-4-3-7(15(20)21)5-9(8)11(14)17/h3-5H,6H2,1-2H3,(H,18,19). The predicted octanol–water partition coefficient (Wildman–Crippen LogP) is 1.30. The van der Waals surface area contributed by atoms with E-state index >= 15 is 0 Å². The highest BCUT2D eigenvalue weighted by atomic mass is 16.6. The Bertz CT molecular complexity index is 679. The molecule has 0 saturated carbocycles. The van der Waals surface area contributed by atoms with Gasteiger partial charge in [-0.25, -0.2) is 0 Å². The lowest BCUT2D eigenvalue weighted by Gasteiger charge is -2.24. The first-order chi connectivity index (χ1) is 9.65. The largest absolute Gasteiger partial charge is 0.481 e. The second-order valence-corrected chi connectivity index (χ2v) is 5.37. The van der Waals surface area contributed by atoms with Gasteiger partial charge in [-0.3, -0.25) is 29.4 Å². The van der Waals surface area contributed by atoms with Crippen molar-refractivity contribution in [3.8, 4) is 0 Å². The summed E-state index contributed by atoms with van der Waals surface area (Å²) in [5, 5.41) is 19.8. The van der Waals surface area contributed by atoms with Crippen LogP contribution in [0.5, 0.6) is 0 Å². The molecule has 0 spiro atoms. The van der Waals surface area contributed by atoms with Crippen molar-refractivity contribution in [2.45, 2.75) is 13.8 Å². The maximum Gasteiger partial charge on any atom is 0.310 e. The number of benzene rings is 1. The Morgan fingerprint density at radius 1 is 1.29 bits per heavy atom. The molecule has 0 atom stereocenters. The first-order valence-corrected chi connectivity index (χ1v) is 6.03. The first kappa shape index (κ1) is 14.6. The number of aliphatic carboxylic acids is 1. The lowest BCUT2D eigenvalue weighted by atomic mass is 9.93. The van der Waals surface area contributed by atoms with Gasteiger partial charge in [0.15, 0.2) is 0 Å². The molecule has 2 rings (SSSR count). The molecule has 0 aliphatic carbocycles. The lowest BCUT2D eigenvalue weighted by Crippen LogP contribution is -2.42. The van der Waals surface area contributed by atoms with Crippen molar-refractivity contribution in [3.63, 3.8) is 0 Å². The minimum atomic E-state index is -1.31. The molecule has 1 aliphatic heterocycles. The Labute approximate surface area is 119 Å². The number of carbonyl (C=O) groups is 3. The van der Waals surface area contributed by atoms with Crippen LogP contribution in [0.25, 0.3) is 0 Å². The molecule has 1 heterocycles. The van der Waals surface area contributed by atoms with Crippen LogP contribution < -0.4 is 0 Å². The summed E-state index contributed by atoms with van der Waals surface area (Å²) in [6.45, 7) is 2.48. The molecule has 0 aromatic heterocycles. The second kappa shape index (κ2) is 4.65. The van der Waals surface area contributed by atoms with Crippen molar-refractivity contribution in [3.05, 3.63) is 39.4 Å². The Kier molecular flexibility index (Phi) is 3.24. The zero-order valence-corrected chi connectivity index (χ0v) is 11.3. The van der Waals surface area contributed by atoms with Crippen LogP contribution in [0.15, 0.2) is 18.2 Å². The van der Waals surface area contributed by atoms with Gasteiger partial charge in [0.2, 0.25) is 0 Å². The van der Waals surface area contributed by atoms with Gasteiger partial charge in [-0.05, 0) is 19.9 Å². The molecule has 0 fully saturated rings. The topological polar surface area (TPSA) is 118 Å². The van der Waals surface area contributed by atoms with E-state index in [2.05, 4.69) is 0 Å². The number of amides is 2. The highest BCUT2D eigenvalue weighted by Gasteiger charge is 2.41. The number of rotatable bonds is 4. The van der Waals surface area contributed by atoms with Gasteiger partial charge in [-0.1, -0.05) is 0 Å². The molecule has 110 valence electrons. The minimum absolute atomic E-state index is 0.0480. The lowest BCUT2D eigenvalue weighted by molar-refractivity contribution is -0.384. The molecular weight excluding hydrogens is 280 g/mol. The van der Waals surface area contributed by atoms with Gasteiger partial charge in [0.1, 0.15) is 0 Å². The summed E-state index contributed by atoms with van der Waals surface area (Å²) in [6, 6.07) is 3.38. The summed E-state index contributed by atoms with van der Waals surface area (Å²) in [6.07, 6.45) is 0. The van der Waals surface area contributed by atoms with Gasteiger partial charge in [-0.2, -0.15) is 0 Å². The van der Waals surface area contributed by atoms with Gasteiger partial charge in [0.25, 0.3) is 17.5 Å². The molecule has 1 N–H and O–H groups in total. The fourth-order valence-electron chi connectivity index (χ4n) is 2.00. The summed E-state index contributed by atoms with van der Waals surface area (Å²) in [5.41, 5.74) is -1.63. The molecule has 1 aromatic carbocycles. The highest BCUT2D eigenvalue weighted by Crippen LogP contribution is 2.29. The van der Waals surface area contributed by atoms with Crippen molar-refractivity contribution >= 4 is 23.5 Å². The molecule has 0 bridgehead atoms. The van der Waals surface area contributed by atoms with Crippen molar-refractivity contribution in [2.75, 3.05) is 6.54 Å². The molecule has 1 aromatic rings. The van der Waals surface area contributed by atoms with Crippen molar-refractivity contribution < 1.29 is 24.4 Å². The third kappa shape index (κ3) is 2.35. The first-order valence-electron chi connectivity index (χ1n) is 6.03. The van der Waals surface area contributed by atoms with Crippen molar-refractivity contribution in [1.29, 1.82) is 0 Å². The molecule has 0 unspecified atom stereocenters. The van der Waals surface area contributed by atoms with Gasteiger partial charge in [0.05, 0.1) is 21.5 Å². The minimum Gasteiger partial charge on any atom is -0.481 e. The van der Waals surface area contributed by atoms with Crippen LogP contribution in [-0.4, -0.2) is 39.3 Å². The van der Waals surface area contributed by atoms with E-state index in [1.807, 2.05) is 0 Å². The van der Waals surface area contributed by atoms with E-state index in [4.69, 9.17) is 5.11 Å². The average molecular weight is 292 g/mol. The average Bonchev–Trinajstić information content (AvgIpc) is 2.63. The fraction of sp³-hybridized carbons (Fsp3) is 0.308. The van der Waals surface area contributed by atoms with Crippen molar-refractivity contribution in [1.82, 2.24) is 4.90 Å². The van der Waals surface area contributed by atoms with Crippen LogP contribution in [0.3, 0.4) is 0 Å². The van der Waals surface area contributed by atoms with E-state index in [0.717, 1.165) is 17.0 Å². The smallest absolute Gasteiger partial charge is 0.310 e. The third-order valence-electron chi connectivity index (χ3n) is 3.30. The van der Waals surface area contributed by atoms with Gasteiger partial charge in [0, 0.05) is 18.7 Å². The number of nitro groups is 1. The molecule has 2 amide bonds. The van der Waals surface area contributed by atoms with E-state index < -0.39 is 28.1 Å². The van der Waals surface area contributed by atoms with Crippen LogP contribution in [0.2, 0.25) is 0 Å². The molecule has 8 heteroatoms. The number of hydrogen-bond acceptors (Lipinski definition) is 5. The maximum atomic E-state index is 12.2. The number of carbonyl (C=O) groups excluding carboxylic acids is 2. The molecule has 21 heavy (non-hydrogen) atoms. The van der Waals surface area contributed by atoms with Crippen LogP contribution in [-0.2, 0) is 4.79 Å². The normalized spacial score (nSPS) is 14.3. The summed E-state index contributed by atoms with van der Waals surface area (Å²) in [4.78, 5) is 46.3. The summed E-state index contributed by atoms with van der Waals surface area (Å²) < 4.78 is 0. The summed E-state index contributed by atoms with van der Waals surface area (Å²) in [5.74, 6) is -2.50. The number of nitro benzene ring substituents is 1. The van der Waals surface area contributed by atoms with E-state index in [1.165, 1.54) is 19.9 Å². The number of nitrogens with zero attached hydrogens (tertiary/aromatic N) is 2. The highest BCUT2D eigenvalue weighted by molar-refractivity contribution is 6.21. The molecule has 0 radical (unpaired) electrons. The molecule has 8 nitrogen and oxygen atoms in total. The number of imide groups is 1. The van der Waals surface area contributed by atoms with Crippen molar-refractivity contribution in [2.24, 2.45) is 5.41 Å². The zero-order valence-electron chi connectivity index (χ0n) is 11.3. The van der Waals surface area contributed by atoms with Crippen LogP contribution in [0, 0.1) is 15.5 Å². The quantitative estimate of drug-likeness (QED) is 0.507. The number of non-ortho nitro benzene ring substituents is 1. The van der Waals surface area contributed by atoms with E-state index in [9.17, 15) is 24.5 Å². The number of fused-ring (bicyclic) bond motifs is 1. The summed E-state index contributed by atoms with van der Waals surface area (Å²) in [7, 11) is 0. The Balaban J connectivity index is 2.39. The van der Waals surface area contributed by atoms with E-state index in [-0.39, 0.29) is 23.4 Å². The van der Waals surface area contributed by atoms with E-state index in [1.54, 1.807) is 0 Å². The second-order valence-electron chi connectivity index (χ2n) is 5.37. The van der Waals surface area contributed by atoms with Crippen LogP contribution in [0.4, 0.5) is 5.69 Å². The van der Waals surface area contributed by atoms with E-state index in [0.29, 0.717) is 0 Å². The fourth-order valence-corrected chi connectivity index (χ4v) is 2.00. The summed E-state index contributed by atoms with van der Waals surface area (Å²) >= 11 is 0. The molecular formula is C13H12N2O6. The monoisotopic (exact) mass is 292 g/mol. The van der Waals surface area contributed by atoms with Crippen LogP contribution in [0.1, 0.15) is 34.6 Å². The molecule has 1 aliphatic rings. The number of hydrogen-bond donors (Lipinski definition) is 1.